The molecule has 0 amide bonds. The highest BCUT2D eigenvalue weighted by atomic mass is 79.9. The molecule has 1 unspecified atom stereocenters. The Kier molecular flexibility index (Phi) is 5.04. The van der Waals surface area contributed by atoms with E-state index in [1.165, 1.54) is 0 Å². The van der Waals surface area contributed by atoms with Gasteiger partial charge in [0, 0.05) is 10.0 Å². The Balaban J connectivity index is 2.40. The van der Waals surface area contributed by atoms with Crippen LogP contribution in [0.4, 0.5) is 0 Å². The topological polar surface area (TPSA) is 44.5 Å². The van der Waals surface area contributed by atoms with E-state index in [0.29, 0.717) is 6.61 Å². The second-order valence-electron chi connectivity index (χ2n) is 4.37. The fraction of sp³-hybridized carbons (Fsp3) is 0.250. The molecule has 0 aliphatic heterocycles. The first-order valence-electron chi connectivity index (χ1n) is 6.47. The van der Waals surface area contributed by atoms with Gasteiger partial charge in [-0.15, -0.1) is 0 Å². The van der Waals surface area contributed by atoms with E-state index in [-0.39, 0.29) is 6.04 Å². The van der Waals surface area contributed by atoms with Crippen LogP contribution in [0.2, 0.25) is 0 Å². The summed E-state index contributed by atoms with van der Waals surface area (Å²) in [7, 11) is 1.65. The molecule has 0 aliphatic carbocycles. The van der Waals surface area contributed by atoms with E-state index in [4.69, 9.17) is 15.2 Å². The van der Waals surface area contributed by atoms with Gasteiger partial charge in [0.2, 0.25) is 0 Å². The molecule has 2 N–H and O–H groups in total. The third-order valence-corrected chi connectivity index (χ3v) is 3.55. The Labute approximate surface area is 127 Å². The largest absolute Gasteiger partial charge is 0.497 e. The summed E-state index contributed by atoms with van der Waals surface area (Å²) in [5.74, 6) is 1.61. The molecule has 1 atom stereocenters. The van der Waals surface area contributed by atoms with Gasteiger partial charge in [0.25, 0.3) is 0 Å². The highest BCUT2D eigenvalue weighted by Gasteiger charge is 2.15. The van der Waals surface area contributed by atoms with Crippen LogP contribution < -0.4 is 15.2 Å². The van der Waals surface area contributed by atoms with Crippen molar-refractivity contribution < 1.29 is 9.47 Å². The fourth-order valence-corrected chi connectivity index (χ4v) is 2.44. The first kappa shape index (κ1) is 14.9. The molecular formula is C16H18BrNO2. The van der Waals surface area contributed by atoms with Crippen molar-refractivity contribution >= 4 is 15.9 Å². The van der Waals surface area contributed by atoms with Gasteiger partial charge in [0.1, 0.15) is 11.5 Å². The van der Waals surface area contributed by atoms with Crippen LogP contribution in [0.3, 0.4) is 0 Å². The summed E-state index contributed by atoms with van der Waals surface area (Å²) in [6.07, 6.45) is 0. The van der Waals surface area contributed by atoms with Crippen molar-refractivity contribution in [3.05, 3.63) is 58.1 Å². The second kappa shape index (κ2) is 6.77. The summed E-state index contributed by atoms with van der Waals surface area (Å²) in [6.45, 7) is 2.57. The van der Waals surface area contributed by atoms with Gasteiger partial charge in [-0.1, -0.05) is 28.1 Å². The molecule has 0 bridgehead atoms. The zero-order valence-corrected chi connectivity index (χ0v) is 13.2. The maximum atomic E-state index is 6.38. The lowest BCUT2D eigenvalue weighted by Crippen LogP contribution is -2.13. The molecule has 0 saturated carbocycles. The number of methoxy groups -OCH3 is 1. The Hall–Kier alpha value is -1.52. The third kappa shape index (κ3) is 3.32. The highest BCUT2D eigenvalue weighted by molar-refractivity contribution is 9.10. The molecule has 0 aliphatic rings. The lowest BCUT2D eigenvalue weighted by atomic mass is 9.98. The van der Waals surface area contributed by atoms with Gasteiger partial charge in [-0.2, -0.15) is 0 Å². The normalized spacial score (nSPS) is 12.0. The van der Waals surface area contributed by atoms with Crippen LogP contribution in [0.25, 0.3) is 0 Å². The Morgan fingerprint density at radius 2 is 2.00 bits per heavy atom. The molecule has 4 heteroatoms. The SMILES string of the molecule is CCOc1ccc(Br)cc1C(N)c1cccc(OC)c1. The Bertz CT molecular complexity index is 586. The van der Waals surface area contributed by atoms with E-state index in [1.54, 1.807) is 7.11 Å². The lowest BCUT2D eigenvalue weighted by Gasteiger charge is -2.18. The van der Waals surface area contributed by atoms with Gasteiger partial charge in [0.15, 0.2) is 0 Å². The number of hydrogen-bond donors (Lipinski definition) is 1. The number of halogens is 1. The van der Waals surface area contributed by atoms with Gasteiger partial charge < -0.3 is 15.2 Å². The van der Waals surface area contributed by atoms with E-state index < -0.39 is 0 Å². The molecule has 0 spiro atoms. The van der Waals surface area contributed by atoms with Crippen molar-refractivity contribution in [2.45, 2.75) is 13.0 Å². The molecule has 106 valence electrons. The zero-order chi connectivity index (χ0) is 14.5. The van der Waals surface area contributed by atoms with Gasteiger partial charge in [-0.3, -0.25) is 0 Å². The van der Waals surface area contributed by atoms with Gasteiger partial charge in [0.05, 0.1) is 19.8 Å². The highest BCUT2D eigenvalue weighted by Crippen LogP contribution is 2.32. The van der Waals surface area contributed by atoms with E-state index in [1.807, 2.05) is 49.4 Å². The van der Waals surface area contributed by atoms with Gasteiger partial charge in [-0.05, 0) is 42.8 Å². The standard InChI is InChI=1S/C16H18BrNO2/c1-3-20-15-8-7-12(17)10-14(15)16(18)11-5-4-6-13(9-11)19-2/h4-10,16H,3,18H2,1-2H3. The number of nitrogens with two attached hydrogens (primary N) is 1. The quantitative estimate of drug-likeness (QED) is 0.900. The van der Waals surface area contributed by atoms with E-state index in [0.717, 1.165) is 27.1 Å². The maximum absolute atomic E-state index is 6.38. The second-order valence-corrected chi connectivity index (χ2v) is 5.29. The molecule has 20 heavy (non-hydrogen) atoms. The van der Waals surface area contributed by atoms with Crippen LogP contribution in [-0.2, 0) is 0 Å². The van der Waals surface area contributed by atoms with Crippen LogP contribution in [0.1, 0.15) is 24.1 Å². The number of hydrogen-bond acceptors (Lipinski definition) is 3. The molecular weight excluding hydrogens is 318 g/mol. The molecule has 0 radical (unpaired) electrons. The van der Waals surface area contributed by atoms with Crippen molar-refractivity contribution in [1.29, 1.82) is 0 Å². The van der Waals surface area contributed by atoms with E-state index in [2.05, 4.69) is 15.9 Å². The predicted molar refractivity (Wildman–Crippen MR) is 84.3 cm³/mol. The number of ether oxygens (including phenoxy) is 2. The molecule has 2 aromatic carbocycles. The minimum absolute atomic E-state index is 0.260. The number of rotatable bonds is 5. The van der Waals surface area contributed by atoms with E-state index >= 15 is 0 Å². The first-order valence-corrected chi connectivity index (χ1v) is 7.26. The first-order chi connectivity index (χ1) is 9.65. The monoisotopic (exact) mass is 335 g/mol. The predicted octanol–water partition coefficient (Wildman–Crippen LogP) is 3.90. The summed E-state index contributed by atoms with van der Waals surface area (Å²) in [5.41, 5.74) is 8.33. The molecule has 3 nitrogen and oxygen atoms in total. The molecule has 2 aromatic rings. The van der Waals surface area contributed by atoms with Crippen LogP contribution >= 0.6 is 15.9 Å². The molecule has 0 fully saturated rings. The minimum Gasteiger partial charge on any atom is -0.497 e. The van der Waals surface area contributed by atoms with Crippen molar-refractivity contribution in [3.8, 4) is 11.5 Å². The minimum atomic E-state index is -0.260. The summed E-state index contributed by atoms with van der Waals surface area (Å²) in [5, 5.41) is 0. The van der Waals surface area contributed by atoms with Crippen molar-refractivity contribution in [2.24, 2.45) is 5.73 Å². The Morgan fingerprint density at radius 3 is 2.70 bits per heavy atom. The zero-order valence-electron chi connectivity index (χ0n) is 11.6. The van der Waals surface area contributed by atoms with Crippen LogP contribution in [-0.4, -0.2) is 13.7 Å². The summed E-state index contributed by atoms with van der Waals surface area (Å²) in [4.78, 5) is 0. The maximum Gasteiger partial charge on any atom is 0.124 e. The van der Waals surface area contributed by atoms with Crippen molar-refractivity contribution in [1.82, 2.24) is 0 Å². The average Bonchev–Trinajstić information content (AvgIpc) is 2.48. The molecule has 0 saturated heterocycles. The summed E-state index contributed by atoms with van der Waals surface area (Å²) < 4.78 is 11.9. The van der Waals surface area contributed by atoms with Crippen molar-refractivity contribution in [3.63, 3.8) is 0 Å². The van der Waals surface area contributed by atoms with E-state index in [9.17, 15) is 0 Å². The fourth-order valence-electron chi connectivity index (χ4n) is 2.06. The Morgan fingerprint density at radius 1 is 1.20 bits per heavy atom. The lowest BCUT2D eigenvalue weighted by molar-refractivity contribution is 0.335. The van der Waals surface area contributed by atoms with Gasteiger partial charge in [-0.25, -0.2) is 0 Å². The summed E-state index contributed by atoms with van der Waals surface area (Å²) >= 11 is 3.48. The number of benzene rings is 2. The molecule has 0 heterocycles. The van der Waals surface area contributed by atoms with Gasteiger partial charge >= 0.3 is 0 Å². The van der Waals surface area contributed by atoms with Crippen LogP contribution in [0.15, 0.2) is 46.9 Å². The van der Waals surface area contributed by atoms with Crippen LogP contribution in [0, 0.1) is 0 Å². The molecule has 2 rings (SSSR count). The summed E-state index contributed by atoms with van der Waals surface area (Å²) in [6, 6.07) is 13.4. The molecule has 0 aromatic heterocycles. The third-order valence-electron chi connectivity index (χ3n) is 3.06. The smallest absolute Gasteiger partial charge is 0.124 e. The average molecular weight is 336 g/mol. The van der Waals surface area contributed by atoms with Crippen molar-refractivity contribution in [2.75, 3.05) is 13.7 Å². The van der Waals surface area contributed by atoms with Crippen LogP contribution in [0.5, 0.6) is 11.5 Å².